The van der Waals surface area contributed by atoms with Crippen LogP contribution in [-0.2, 0) is 0 Å². The van der Waals surface area contributed by atoms with Gasteiger partial charge in [-0.05, 0) is 51.1 Å². The third kappa shape index (κ3) is 4.48. The van der Waals surface area contributed by atoms with Crippen molar-refractivity contribution in [3.63, 3.8) is 0 Å². The maximum Gasteiger partial charge on any atom is 0.387 e. The van der Waals surface area contributed by atoms with E-state index >= 15 is 0 Å². The molecule has 0 saturated carbocycles. The van der Waals surface area contributed by atoms with Crippen LogP contribution in [0, 0.1) is 6.92 Å². The molecule has 142 valence electrons. The molecule has 0 saturated heterocycles. The lowest BCUT2D eigenvalue weighted by molar-refractivity contribution is -0.0498. The highest BCUT2D eigenvalue weighted by Crippen LogP contribution is 2.31. The van der Waals surface area contributed by atoms with Crippen molar-refractivity contribution in [3.8, 4) is 17.0 Å². The van der Waals surface area contributed by atoms with Gasteiger partial charge in [-0.15, -0.1) is 11.3 Å². The maximum absolute atomic E-state index is 12.3. The van der Waals surface area contributed by atoms with Gasteiger partial charge in [0, 0.05) is 22.7 Å². The summed E-state index contributed by atoms with van der Waals surface area (Å²) < 4.78 is 30.5. The topological polar surface area (TPSA) is 69.0 Å². The molecular weight excluding hydrogens is 374 g/mol. The standard InChI is InChI=1S/C18H18F2N4O2S/c1-10(2)24-9-8-14(23-24)16(25)22-18-21-15(11(3)27-18)12-4-6-13(7-5-12)26-17(19)20/h4-10,17H,1-3H3,(H,21,22,25). The number of anilines is 1. The summed E-state index contributed by atoms with van der Waals surface area (Å²) in [7, 11) is 0. The number of halogens is 2. The highest BCUT2D eigenvalue weighted by atomic mass is 32.1. The molecule has 2 aromatic heterocycles. The van der Waals surface area contributed by atoms with E-state index < -0.39 is 6.61 Å². The lowest BCUT2D eigenvalue weighted by Crippen LogP contribution is -2.13. The van der Waals surface area contributed by atoms with Crippen LogP contribution in [0.2, 0.25) is 0 Å². The van der Waals surface area contributed by atoms with Crippen molar-refractivity contribution in [2.24, 2.45) is 0 Å². The number of nitrogens with zero attached hydrogens (tertiary/aromatic N) is 3. The number of ether oxygens (including phenoxy) is 1. The number of thiazole rings is 1. The number of benzene rings is 1. The molecule has 0 radical (unpaired) electrons. The highest BCUT2D eigenvalue weighted by molar-refractivity contribution is 7.16. The molecule has 0 atom stereocenters. The van der Waals surface area contributed by atoms with Crippen molar-refractivity contribution < 1.29 is 18.3 Å². The Labute approximate surface area is 158 Å². The molecule has 2 heterocycles. The fourth-order valence-electron chi connectivity index (χ4n) is 2.42. The van der Waals surface area contributed by atoms with Gasteiger partial charge in [-0.3, -0.25) is 14.8 Å². The molecule has 9 heteroatoms. The lowest BCUT2D eigenvalue weighted by Gasteiger charge is -2.05. The molecule has 27 heavy (non-hydrogen) atoms. The zero-order valence-corrected chi connectivity index (χ0v) is 15.8. The minimum absolute atomic E-state index is 0.0795. The first-order valence-corrected chi connectivity index (χ1v) is 9.04. The van der Waals surface area contributed by atoms with E-state index in [0.29, 0.717) is 16.5 Å². The average molecular weight is 392 g/mol. The second-order valence-corrected chi connectivity index (χ2v) is 7.26. The van der Waals surface area contributed by atoms with Crippen LogP contribution in [0.25, 0.3) is 11.3 Å². The quantitative estimate of drug-likeness (QED) is 0.657. The Bertz CT molecular complexity index is 935. The Kier molecular flexibility index (Phi) is 5.50. The van der Waals surface area contributed by atoms with Gasteiger partial charge in [-0.1, -0.05) is 0 Å². The zero-order valence-electron chi connectivity index (χ0n) is 14.9. The third-order valence-corrected chi connectivity index (χ3v) is 4.63. The van der Waals surface area contributed by atoms with Crippen LogP contribution in [0.1, 0.15) is 35.3 Å². The minimum Gasteiger partial charge on any atom is -0.435 e. The smallest absolute Gasteiger partial charge is 0.387 e. The van der Waals surface area contributed by atoms with E-state index in [2.05, 4.69) is 20.1 Å². The maximum atomic E-state index is 12.3. The number of alkyl halides is 2. The predicted molar refractivity (Wildman–Crippen MR) is 99.5 cm³/mol. The van der Waals surface area contributed by atoms with Crippen LogP contribution in [0.4, 0.5) is 13.9 Å². The summed E-state index contributed by atoms with van der Waals surface area (Å²) in [5.41, 5.74) is 1.73. The Morgan fingerprint density at radius 2 is 1.93 bits per heavy atom. The predicted octanol–water partition coefficient (Wildman–Crippen LogP) is 4.75. The molecule has 0 unspecified atom stereocenters. The number of aromatic nitrogens is 3. The van der Waals surface area contributed by atoms with Gasteiger partial charge in [0.25, 0.3) is 5.91 Å². The molecule has 3 aromatic rings. The lowest BCUT2D eigenvalue weighted by atomic mass is 10.1. The first-order valence-electron chi connectivity index (χ1n) is 8.22. The number of amides is 1. The number of rotatable bonds is 6. The molecule has 6 nitrogen and oxygen atoms in total. The summed E-state index contributed by atoms with van der Waals surface area (Å²) in [6.07, 6.45) is 1.75. The molecule has 3 rings (SSSR count). The van der Waals surface area contributed by atoms with E-state index in [-0.39, 0.29) is 17.7 Å². The number of hydrogen-bond acceptors (Lipinski definition) is 5. The number of aryl methyl sites for hydroxylation is 1. The molecule has 0 fully saturated rings. The highest BCUT2D eigenvalue weighted by Gasteiger charge is 2.16. The first-order chi connectivity index (χ1) is 12.8. The van der Waals surface area contributed by atoms with E-state index in [1.807, 2.05) is 20.8 Å². The van der Waals surface area contributed by atoms with Gasteiger partial charge in [0.15, 0.2) is 10.8 Å². The minimum atomic E-state index is -2.86. The van der Waals surface area contributed by atoms with E-state index in [1.54, 1.807) is 29.1 Å². The van der Waals surface area contributed by atoms with Crippen molar-refractivity contribution in [1.29, 1.82) is 0 Å². The second-order valence-electron chi connectivity index (χ2n) is 6.06. The molecule has 0 spiro atoms. The molecule has 1 N–H and O–H groups in total. The van der Waals surface area contributed by atoms with Crippen molar-refractivity contribution in [3.05, 3.63) is 47.1 Å². The van der Waals surface area contributed by atoms with Crippen LogP contribution >= 0.6 is 11.3 Å². The van der Waals surface area contributed by atoms with E-state index in [1.165, 1.54) is 23.5 Å². The van der Waals surface area contributed by atoms with Crippen molar-refractivity contribution >= 4 is 22.4 Å². The summed E-state index contributed by atoms with van der Waals surface area (Å²) in [5, 5.41) is 7.42. The largest absolute Gasteiger partial charge is 0.435 e. The van der Waals surface area contributed by atoms with E-state index in [9.17, 15) is 13.6 Å². The Hall–Kier alpha value is -2.81. The second kappa shape index (κ2) is 7.83. The molecule has 0 bridgehead atoms. The van der Waals surface area contributed by atoms with Gasteiger partial charge in [0.2, 0.25) is 0 Å². The van der Waals surface area contributed by atoms with Gasteiger partial charge >= 0.3 is 6.61 Å². The fraction of sp³-hybridized carbons (Fsp3) is 0.278. The molecule has 0 aliphatic rings. The van der Waals surface area contributed by atoms with Gasteiger partial charge in [0.05, 0.1) is 5.69 Å². The van der Waals surface area contributed by atoms with E-state index in [0.717, 1.165) is 10.4 Å². The molecule has 1 aromatic carbocycles. The molecule has 1 amide bonds. The van der Waals surface area contributed by atoms with Crippen molar-refractivity contribution in [1.82, 2.24) is 14.8 Å². The zero-order chi connectivity index (χ0) is 19.6. The van der Waals surface area contributed by atoms with Crippen LogP contribution in [0.3, 0.4) is 0 Å². The van der Waals surface area contributed by atoms with E-state index in [4.69, 9.17) is 0 Å². The first kappa shape index (κ1) is 19.0. The normalized spacial score (nSPS) is 11.2. The van der Waals surface area contributed by atoms with Gasteiger partial charge in [0.1, 0.15) is 5.75 Å². The molecule has 0 aliphatic carbocycles. The number of hydrogen-bond donors (Lipinski definition) is 1. The monoisotopic (exact) mass is 392 g/mol. The summed E-state index contributed by atoms with van der Waals surface area (Å²) in [6, 6.07) is 8.02. The fourth-order valence-corrected chi connectivity index (χ4v) is 3.25. The van der Waals surface area contributed by atoms with Crippen molar-refractivity contribution in [2.45, 2.75) is 33.4 Å². The summed E-state index contributed by atoms with van der Waals surface area (Å²) in [6.45, 7) is 2.96. The SMILES string of the molecule is Cc1sc(NC(=O)c2ccn(C(C)C)n2)nc1-c1ccc(OC(F)F)cc1. The van der Waals surface area contributed by atoms with Crippen LogP contribution in [-0.4, -0.2) is 27.3 Å². The summed E-state index contributed by atoms with van der Waals surface area (Å²) in [5.74, 6) is -0.258. The average Bonchev–Trinajstić information content (AvgIpc) is 3.22. The number of carbonyl (C=O) groups is 1. The van der Waals surface area contributed by atoms with Gasteiger partial charge in [-0.2, -0.15) is 13.9 Å². The Morgan fingerprint density at radius 3 is 2.52 bits per heavy atom. The van der Waals surface area contributed by atoms with Gasteiger partial charge < -0.3 is 4.74 Å². The number of nitrogens with one attached hydrogen (secondary N) is 1. The van der Waals surface area contributed by atoms with Crippen LogP contribution in [0.15, 0.2) is 36.5 Å². The molecular formula is C18H18F2N4O2S. The van der Waals surface area contributed by atoms with Crippen LogP contribution < -0.4 is 10.1 Å². The summed E-state index contributed by atoms with van der Waals surface area (Å²) in [4.78, 5) is 17.7. The number of carbonyl (C=O) groups excluding carboxylic acids is 1. The Balaban J connectivity index is 1.74. The Morgan fingerprint density at radius 1 is 1.22 bits per heavy atom. The summed E-state index contributed by atoms with van der Waals surface area (Å²) >= 11 is 1.33. The molecule has 0 aliphatic heterocycles. The van der Waals surface area contributed by atoms with Crippen LogP contribution in [0.5, 0.6) is 5.75 Å². The van der Waals surface area contributed by atoms with Crippen molar-refractivity contribution in [2.75, 3.05) is 5.32 Å². The van der Waals surface area contributed by atoms with Gasteiger partial charge in [-0.25, -0.2) is 4.98 Å². The third-order valence-electron chi connectivity index (χ3n) is 3.74.